The van der Waals surface area contributed by atoms with Gasteiger partial charge in [-0.05, 0) is 12.0 Å². The van der Waals surface area contributed by atoms with Crippen molar-refractivity contribution in [1.82, 2.24) is 0 Å². The summed E-state index contributed by atoms with van der Waals surface area (Å²) in [5.74, 6) is 0.859. The van der Waals surface area contributed by atoms with Gasteiger partial charge >= 0.3 is 0 Å². The van der Waals surface area contributed by atoms with Crippen LogP contribution in [0.5, 0.6) is 0 Å². The Balaban J connectivity index is 2.92. The molecule has 0 aliphatic carbocycles. The highest BCUT2D eigenvalue weighted by molar-refractivity contribution is 6.49. The molecule has 0 aromatic carbocycles. The fraction of sp³-hybridized carbons (Fsp3) is 1.00. The minimum atomic E-state index is -0.144. The predicted molar refractivity (Wildman–Crippen MR) is 64.2 cm³/mol. The quantitative estimate of drug-likeness (QED) is 0.331. The number of rotatable bonds is 8. The van der Waals surface area contributed by atoms with E-state index in [0.29, 0.717) is 0 Å². The van der Waals surface area contributed by atoms with E-state index in [-0.39, 0.29) is 4.84 Å². The molecule has 0 N–H and O–H groups in total. The first-order valence-electron chi connectivity index (χ1n) is 5.11. The third kappa shape index (κ3) is 12.8. The van der Waals surface area contributed by atoms with Gasteiger partial charge in [-0.3, -0.25) is 0 Å². The van der Waals surface area contributed by atoms with Gasteiger partial charge in [-0.2, -0.15) is 0 Å². The van der Waals surface area contributed by atoms with Crippen molar-refractivity contribution >= 4 is 32.7 Å². The first-order valence-corrected chi connectivity index (χ1v) is 7.40. The number of hydrogen-bond acceptors (Lipinski definition) is 0. The summed E-state index contributed by atoms with van der Waals surface area (Å²) < 4.78 is 0. The fourth-order valence-corrected chi connectivity index (χ4v) is 2.77. The van der Waals surface area contributed by atoms with E-state index in [4.69, 9.17) is 23.2 Å². The Morgan fingerprint density at radius 2 is 1.77 bits per heavy atom. The molecule has 0 atom stereocenters. The van der Waals surface area contributed by atoms with Crippen LogP contribution in [0.15, 0.2) is 0 Å². The molecule has 0 heterocycles. The standard InChI is InChI=1S/C10H20Cl2Si/c1-9(2)6-4-3-5-7-13-8-10(11)12/h9-10H,3-8H2,1-2H3. The van der Waals surface area contributed by atoms with E-state index in [9.17, 15) is 0 Å². The molecule has 3 heteroatoms. The van der Waals surface area contributed by atoms with Gasteiger partial charge in [-0.15, -0.1) is 23.2 Å². The van der Waals surface area contributed by atoms with E-state index < -0.39 is 0 Å². The van der Waals surface area contributed by atoms with Gasteiger partial charge in [0.05, 0.1) is 0 Å². The van der Waals surface area contributed by atoms with Crippen LogP contribution in [0.25, 0.3) is 0 Å². The fourth-order valence-electron chi connectivity index (χ4n) is 1.19. The molecule has 2 radical (unpaired) electrons. The highest BCUT2D eigenvalue weighted by Crippen LogP contribution is 2.12. The third-order valence-electron chi connectivity index (χ3n) is 1.93. The lowest BCUT2D eigenvalue weighted by Crippen LogP contribution is -1.95. The summed E-state index contributed by atoms with van der Waals surface area (Å²) in [6, 6.07) is 2.29. The Kier molecular flexibility index (Phi) is 9.93. The smallest absolute Gasteiger partial charge is 0.105 e. The van der Waals surface area contributed by atoms with Crippen LogP contribution in [0, 0.1) is 5.92 Å². The van der Waals surface area contributed by atoms with Crippen molar-refractivity contribution in [3.8, 4) is 0 Å². The lowest BCUT2D eigenvalue weighted by Gasteiger charge is -2.04. The number of halogens is 2. The maximum absolute atomic E-state index is 5.63. The highest BCUT2D eigenvalue weighted by atomic mass is 35.5. The third-order valence-corrected chi connectivity index (χ3v) is 4.16. The molecule has 0 nitrogen and oxygen atoms in total. The maximum Gasteiger partial charge on any atom is 0.105 e. The van der Waals surface area contributed by atoms with Gasteiger partial charge in [0.25, 0.3) is 0 Å². The van der Waals surface area contributed by atoms with Gasteiger partial charge in [-0.25, -0.2) is 0 Å². The highest BCUT2D eigenvalue weighted by Gasteiger charge is 1.99. The molecule has 78 valence electrons. The number of hydrogen-bond donors (Lipinski definition) is 0. The van der Waals surface area contributed by atoms with Crippen LogP contribution in [-0.4, -0.2) is 14.4 Å². The minimum Gasteiger partial charge on any atom is -0.106 e. The summed E-state index contributed by atoms with van der Waals surface area (Å²) in [7, 11) is 0.954. The van der Waals surface area contributed by atoms with Crippen molar-refractivity contribution in [2.24, 2.45) is 5.92 Å². The van der Waals surface area contributed by atoms with Gasteiger partial charge in [0.15, 0.2) is 0 Å². The zero-order valence-corrected chi connectivity index (χ0v) is 11.2. The molecule has 0 fully saturated rings. The summed E-state index contributed by atoms with van der Waals surface area (Å²) in [5.41, 5.74) is 0. The van der Waals surface area contributed by atoms with Crippen LogP contribution in [0.3, 0.4) is 0 Å². The summed E-state index contributed by atoms with van der Waals surface area (Å²) in [5, 5.41) is 0. The van der Waals surface area contributed by atoms with Crippen molar-refractivity contribution < 1.29 is 0 Å². The Hall–Kier alpha value is 0.797. The van der Waals surface area contributed by atoms with Crippen LogP contribution in [-0.2, 0) is 0 Å². The molecule has 0 rings (SSSR count). The zero-order chi connectivity index (χ0) is 10.1. The van der Waals surface area contributed by atoms with Crippen molar-refractivity contribution in [2.45, 2.75) is 56.5 Å². The van der Waals surface area contributed by atoms with E-state index in [1.807, 2.05) is 0 Å². The molecule has 0 aromatic heterocycles. The number of alkyl halides is 2. The average molecular weight is 239 g/mol. The lowest BCUT2D eigenvalue weighted by molar-refractivity contribution is 0.534. The second kappa shape index (κ2) is 9.36. The van der Waals surface area contributed by atoms with E-state index >= 15 is 0 Å². The van der Waals surface area contributed by atoms with E-state index in [0.717, 1.165) is 21.5 Å². The van der Waals surface area contributed by atoms with Gasteiger partial charge in [0.1, 0.15) is 4.84 Å². The molecule has 0 spiro atoms. The molecule has 0 saturated heterocycles. The van der Waals surface area contributed by atoms with Crippen molar-refractivity contribution in [2.75, 3.05) is 0 Å². The van der Waals surface area contributed by atoms with Crippen LogP contribution in [0.1, 0.15) is 39.5 Å². The van der Waals surface area contributed by atoms with Gasteiger partial charge < -0.3 is 0 Å². The summed E-state index contributed by atoms with van der Waals surface area (Å²) >= 11 is 11.3. The average Bonchev–Trinajstić information content (AvgIpc) is 2.01. The van der Waals surface area contributed by atoms with Crippen LogP contribution in [0.4, 0.5) is 0 Å². The lowest BCUT2D eigenvalue weighted by atomic mass is 10.1. The Labute approximate surface area is 95.2 Å². The second-order valence-electron chi connectivity index (χ2n) is 3.84. The molecule has 0 bridgehead atoms. The maximum atomic E-state index is 5.63. The number of unbranched alkanes of at least 4 members (excludes halogenated alkanes) is 2. The molecule has 0 saturated carbocycles. The minimum absolute atomic E-state index is 0.144. The monoisotopic (exact) mass is 238 g/mol. The van der Waals surface area contributed by atoms with Crippen molar-refractivity contribution in [1.29, 1.82) is 0 Å². The molecular weight excluding hydrogens is 219 g/mol. The SMILES string of the molecule is CC(C)CCCCC[Si]CC(Cl)Cl. The van der Waals surface area contributed by atoms with Crippen molar-refractivity contribution in [3.05, 3.63) is 0 Å². The van der Waals surface area contributed by atoms with Crippen molar-refractivity contribution in [3.63, 3.8) is 0 Å². The van der Waals surface area contributed by atoms with Gasteiger partial charge in [0.2, 0.25) is 0 Å². The topological polar surface area (TPSA) is 0 Å². The molecule has 0 aromatic rings. The van der Waals surface area contributed by atoms with Gasteiger partial charge in [-0.1, -0.05) is 45.6 Å². The second-order valence-corrected chi connectivity index (χ2v) is 6.52. The van der Waals surface area contributed by atoms with Crippen LogP contribution < -0.4 is 0 Å². The molecule has 0 unspecified atom stereocenters. The van der Waals surface area contributed by atoms with Gasteiger partial charge in [0, 0.05) is 9.52 Å². The first-order chi connectivity index (χ1) is 6.13. The molecule has 0 aliphatic heterocycles. The molecule has 0 amide bonds. The summed E-state index contributed by atoms with van der Waals surface area (Å²) in [6.45, 7) is 4.57. The first kappa shape index (κ1) is 13.8. The van der Waals surface area contributed by atoms with E-state index in [2.05, 4.69) is 13.8 Å². The predicted octanol–water partition coefficient (Wildman–Crippen LogP) is 4.55. The molecule has 0 aliphatic rings. The van der Waals surface area contributed by atoms with E-state index in [1.54, 1.807) is 0 Å². The largest absolute Gasteiger partial charge is 0.106 e. The molecule has 13 heavy (non-hydrogen) atoms. The van der Waals surface area contributed by atoms with E-state index in [1.165, 1.54) is 31.7 Å². The Bertz CT molecular complexity index is 93.1. The Morgan fingerprint density at radius 1 is 1.08 bits per heavy atom. The van der Waals surface area contributed by atoms with Crippen LogP contribution in [0.2, 0.25) is 12.1 Å². The van der Waals surface area contributed by atoms with Crippen LogP contribution >= 0.6 is 23.2 Å². The normalized spacial score (nSPS) is 11.5. The zero-order valence-electron chi connectivity index (χ0n) is 8.65. The summed E-state index contributed by atoms with van der Waals surface area (Å²) in [4.78, 5) is -0.144. The summed E-state index contributed by atoms with van der Waals surface area (Å²) in [6.07, 6.45) is 5.48. The molecular formula is C10H20Cl2Si. The Morgan fingerprint density at radius 3 is 2.31 bits per heavy atom.